The van der Waals surface area contributed by atoms with Gasteiger partial charge in [-0.25, -0.2) is 0 Å². The van der Waals surface area contributed by atoms with Crippen LogP contribution in [0.2, 0.25) is 0 Å². The summed E-state index contributed by atoms with van der Waals surface area (Å²) in [6.45, 7) is 0. The molecule has 0 saturated heterocycles. The van der Waals surface area contributed by atoms with Crippen LogP contribution in [-0.2, 0) is 26.4 Å². The van der Waals surface area contributed by atoms with Crippen LogP contribution in [0.5, 0.6) is 0 Å². The monoisotopic (exact) mass is 166 g/mol. The summed E-state index contributed by atoms with van der Waals surface area (Å²) in [5.41, 5.74) is 0. The zero-order chi connectivity index (χ0) is 5.98. The summed E-state index contributed by atoms with van der Waals surface area (Å²) in [6.07, 6.45) is 5.78. The van der Waals surface area contributed by atoms with E-state index in [2.05, 4.69) is 6.08 Å². The summed E-state index contributed by atoms with van der Waals surface area (Å²) in [4.78, 5) is 20.5. The van der Waals surface area contributed by atoms with Crippen LogP contribution in [0, 0.1) is 6.08 Å². The van der Waals surface area contributed by atoms with Gasteiger partial charge in [-0.3, -0.25) is 0 Å². The molecule has 0 spiro atoms. The van der Waals surface area contributed by atoms with Crippen molar-refractivity contribution in [2.75, 3.05) is 0 Å². The summed E-state index contributed by atoms with van der Waals surface area (Å²) in [7, 11) is 0. The van der Waals surface area contributed by atoms with Crippen LogP contribution in [0.15, 0.2) is 18.2 Å². The third-order valence-electron chi connectivity index (χ3n) is 0.756. The average Bonchev–Trinajstić information content (AvgIpc) is 1.77. The Morgan fingerprint density at radius 1 is 1.22 bits per heavy atom. The topological polar surface area (TPSA) is 34.1 Å². The molecule has 0 N–H and O–H groups in total. The van der Waals surface area contributed by atoms with Crippen LogP contribution in [0.25, 0.3) is 0 Å². The molecule has 0 heterocycles. The maximum absolute atomic E-state index is 10.3. The second-order valence-electron chi connectivity index (χ2n) is 1.39. The van der Waals surface area contributed by atoms with E-state index in [4.69, 9.17) is 0 Å². The summed E-state index contributed by atoms with van der Waals surface area (Å²) in [5, 5.41) is 0. The normalized spacial score (nSPS) is 15.6. The Kier molecular flexibility index (Phi) is 3.12. The molecule has 49 valence electrons. The van der Waals surface area contributed by atoms with Gasteiger partial charge in [0.05, 0.1) is 11.6 Å². The second kappa shape index (κ2) is 3.37. The predicted molar refractivity (Wildman–Crippen MR) is 27.0 cm³/mol. The third kappa shape index (κ3) is 2.39. The van der Waals surface area contributed by atoms with Crippen molar-refractivity contribution in [1.29, 1.82) is 0 Å². The molecular weight excluding hydrogens is 163 g/mol. The Balaban J connectivity index is 0.000000640. The Morgan fingerprint density at radius 2 is 1.89 bits per heavy atom. The fraction of sp³-hybridized carbons (Fsp3) is 0. The summed E-state index contributed by atoms with van der Waals surface area (Å²) < 4.78 is 0. The molecular formula is C6H3CoO2-. The van der Waals surface area contributed by atoms with Gasteiger partial charge in [-0.05, 0) is 0 Å². The molecule has 1 aliphatic rings. The van der Waals surface area contributed by atoms with Crippen LogP contribution in [-0.4, -0.2) is 11.6 Å². The van der Waals surface area contributed by atoms with Crippen molar-refractivity contribution in [3.63, 3.8) is 0 Å². The standard InChI is InChI=1S/C6H3O2.Co/c7-5-1-2-6(8)4-3-5;/h1-3H;/q-1;. The van der Waals surface area contributed by atoms with Crippen LogP contribution >= 0.6 is 0 Å². The smallest absolute Gasteiger partial charge is 0.0676 e. The Hall–Kier alpha value is -0.674. The van der Waals surface area contributed by atoms with Crippen LogP contribution in [0.1, 0.15) is 0 Å². The molecule has 3 heteroatoms. The van der Waals surface area contributed by atoms with Gasteiger partial charge in [-0.15, -0.1) is 24.3 Å². The molecule has 0 amide bonds. The van der Waals surface area contributed by atoms with Gasteiger partial charge < -0.3 is 9.59 Å². The zero-order valence-corrected chi connectivity index (χ0v) is 5.42. The minimum atomic E-state index is -0.246. The van der Waals surface area contributed by atoms with Crippen molar-refractivity contribution in [3.8, 4) is 0 Å². The van der Waals surface area contributed by atoms with Gasteiger partial charge in [0.25, 0.3) is 0 Å². The number of allylic oxidation sites excluding steroid dienone is 4. The van der Waals surface area contributed by atoms with E-state index in [1.165, 1.54) is 12.2 Å². The molecule has 0 aromatic carbocycles. The van der Waals surface area contributed by atoms with Crippen LogP contribution in [0.4, 0.5) is 0 Å². The molecule has 1 rings (SSSR count). The van der Waals surface area contributed by atoms with Crippen molar-refractivity contribution in [1.82, 2.24) is 0 Å². The molecule has 9 heavy (non-hydrogen) atoms. The minimum Gasteiger partial charge on any atom is -0.367 e. The van der Waals surface area contributed by atoms with Crippen molar-refractivity contribution >= 4 is 11.6 Å². The molecule has 1 aliphatic carbocycles. The summed E-state index contributed by atoms with van der Waals surface area (Å²) >= 11 is 0. The number of rotatable bonds is 0. The molecule has 0 aliphatic heterocycles. The first-order chi connectivity index (χ1) is 3.79. The number of hydrogen-bond acceptors (Lipinski definition) is 2. The Morgan fingerprint density at radius 3 is 2.22 bits per heavy atom. The fourth-order valence-corrected chi connectivity index (χ4v) is 0.396. The molecule has 0 aromatic heterocycles. The third-order valence-corrected chi connectivity index (χ3v) is 0.756. The van der Waals surface area contributed by atoms with Gasteiger partial charge in [0.1, 0.15) is 0 Å². The van der Waals surface area contributed by atoms with Gasteiger partial charge in [0.2, 0.25) is 0 Å². The molecule has 1 radical (unpaired) electrons. The maximum Gasteiger partial charge on any atom is 0.0676 e. The Bertz CT molecular complexity index is 153. The van der Waals surface area contributed by atoms with Crippen molar-refractivity contribution in [2.45, 2.75) is 0 Å². The van der Waals surface area contributed by atoms with Crippen molar-refractivity contribution in [2.24, 2.45) is 0 Å². The molecule has 0 bridgehead atoms. The number of carbonyl (C=O) groups is 2. The van der Waals surface area contributed by atoms with E-state index >= 15 is 0 Å². The van der Waals surface area contributed by atoms with E-state index in [1.807, 2.05) is 0 Å². The van der Waals surface area contributed by atoms with Gasteiger partial charge in [-0.2, -0.15) is 0 Å². The van der Waals surface area contributed by atoms with Gasteiger partial charge in [0, 0.05) is 16.8 Å². The maximum atomic E-state index is 10.3. The summed E-state index contributed by atoms with van der Waals surface area (Å²) in [5.74, 6) is -0.422. The first-order valence-corrected chi connectivity index (χ1v) is 2.15. The first kappa shape index (κ1) is 8.33. The Labute approximate surface area is 62.8 Å². The fourth-order valence-electron chi connectivity index (χ4n) is 0.396. The first-order valence-electron chi connectivity index (χ1n) is 2.15. The molecule has 2 nitrogen and oxygen atoms in total. The molecule has 0 saturated carbocycles. The number of hydrogen-bond donors (Lipinski definition) is 0. The largest absolute Gasteiger partial charge is 0.367 e. The van der Waals surface area contributed by atoms with Gasteiger partial charge in [-0.1, -0.05) is 0 Å². The van der Waals surface area contributed by atoms with E-state index < -0.39 is 0 Å². The SMILES string of the molecule is O=C1[C-]=CC(=O)C=C1.[Co]. The molecule has 0 unspecified atom stereocenters. The van der Waals surface area contributed by atoms with E-state index in [0.29, 0.717) is 0 Å². The number of carbonyl (C=O) groups excluding carboxylic acids is 2. The minimum absolute atomic E-state index is 0. The molecule has 0 atom stereocenters. The van der Waals surface area contributed by atoms with E-state index in [0.717, 1.165) is 6.08 Å². The van der Waals surface area contributed by atoms with E-state index in [1.54, 1.807) is 0 Å². The van der Waals surface area contributed by atoms with E-state index in [-0.39, 0.29) is 28.3 Å². The quantitative estimate of drug-likeness (QED) is 0.376. The zero-order valence-electron chi connectivity index (χ0n) is 4.38. The molecule has 0 aromatic rings. The van der Waals surface area contributed by atoms with Crippen molar-refractivity contribution < 1.29 is 26.4 Å². The average molecular weight is 166 g/mol. The second-order valence-corrected chi connectivity index (χ2v) is 1.39. The van der Waals surface area contributed by atoms with E-state index in [9.17, 15) is 9.59 Å². The summed E-state index contributed by atoms with van der Waals surface area (Å²) in [6, 6.07) is 0. The number of ketones is 2. The van der Waals surface area contributed by atoms with Crippen molar-refractivity contribution in [3.05, 3.63) is 24.3 Å². The van der Waals surface area contributed by atoms with Gasteiger partial charge >= 0.3 is 0 Å². The van der Waals surface area contributed by atoms with Crippen LogP contribution < -0.4 is 0 Å². The van der Waals surface area contributed by atoms with Gasteiger partial charge in [0.15, 0.2) is 0 Å². The van der Waals surface area contributed by atoms with Crippen LogP contribution in [0.3, 0.4) is 0 Å². The molecule has 0 fully saturated rings. The predicted octanol–water partition coefficient (Wildman–Crippen LogP) is 0.0513.